The van der Waals surface area contributed by atoms with Crippen LogP contribution in [0.2, 0.25) is 0 Å². The minimum atomic E-state index is -0.176. The van der Waals surface area contributed by atoms with Crippen molar-refractivity contribution in [3.63, 3.8) is 0 Å². The first-order chi connectivity index (χ1) is 9.88. The number of nitrogens with zero attached hydrogens (tertiary/aromatic N) is 3. The van der Waals surface area contributed by atoms with Crippen LogP contribution in [0.3, 0.4) is 0 Å². The lowest BCUT2D eigenvalue weighted by molar-refractivity contribution is -0.119. The first kappa shape index (κ1) is 15.2. The Morgan fingerprint density at radius 1 is 1.33 bits per heavy atom. The molecule has 5 nitrogen and oxygen atoms in total. The Labute approximate surface area is 125 Å². The maximum atomic E-state index is 12.2. The van der Waals surface area contributed by atoms with Gasteiger partial charge in [-0.15, -0.1) is 0 Å². The van der Waals surface area contributed by atoms with E-state index in [0.29, 0.717) is 12.4 Å². The molecule has 0 radical (unpaired) electrons. The molecule has 2 aromatic heterocycles. The highest BCUT2D eigenvalue weighted by Crippen LogP contribution is 2.14. The standard InChI is InChI=1S/C16H22N4O/c1-10-6-7-17-15(8-10)18-16(21)11(2)9-20-14(5)12(3)13(4)19-20/h6-8,11H,9H2,1-5H3,(H,17,18,21). The molecule has 0 aliphatic heterocycles. The molecule has 5 heteroatoms. The molecule has 1 unspecified atom stereocenters. The van der Waals surface area contributed by atoms with E-state index >= 15 is 0 Å². The van der Waals surface area contributed by atoms with Gasteiger partial charge in [-0.3, -0.25) is 9.48 Å². The van der Waals surface area contributed by atoms with Gasteiger partial charge in [0.1, 0.15) is 5.82 Å². The Balaban J connectivity index is 2.04. The van der Waals surface area contributed by atoms with Crippen LogP contribution in [0.5, 0.6) is 0 Å². The average molecular weight is 286 g/mol. The van der Waals surface area contributed by atoms with E-state index in [1.807, 2.05) is 44.5 Å². The Morgan fingerprint density at radius 2 is 2.05 bits per heavy atom. The number of nitrogens with one attached hydrogen (secondary N) is 1. The molecule has 112 valence electrons. The van der Waals surface area contributed by atoms with Gasteiger partial charge in [0, 0.05) is 11.9 Å². The zero-order chi connectivity index (χ0) is 15.6. The van der Waals surface area contributed by atoms with E-state index in [4.69, 9.17) is 0 Å². The Bertz CT molecular complexity index is 660. The van der Waals surface area contributed by atoms with Gasteiger partial charge in [0.15, 0.2) is 0 Å². The Kier molecular flexibility index (Phi) is 4.40. The van der Waals surface area contributed by atoms with E-state index in [2.05, 4.69) is 22.3 Å². The van der Waals surface area contributed by atoms with Crippen molar-refractivity contribution >= 4 is 11.7 Å². The van der Waals surface area contributed by atoms with Crippen LogP contribution in [-0.2, 0) is 11.3 Å². The number of aryl methyl sites for hydroxylation is 2. The van der Waals surface area contributed by atoms with E-state index in [1.54, 1.807) is 6.20 Å². The van der Waals surface area contributed by atoms with Crippen LogP contribution in [0, 0.1) is 33.6 Å². The molecule has 2 heterocycles. The molecular weight excluding hydrogens is 264 g/mol. The van der Waals surface area contributed by atoms with Crippen LogP contribution in [-0.4, -0.2) is 20.7 Å². The number of carbonyl (C=O) groups excluding carboxylic acids is 1. The smallest absolute Gasteiger partial charge is 0.230 e. The van der Waals surface area contributed by atoms with E-state index < -0.39 is 0 Å². The van der Waals surface area contributed by atoms with Gasteiger partial charge in [-0.25, -0.2) is 4.98 Å². The number of anilines is 1. The number of amides is 1. The molecule has 1 N–H and O–H groups in total. The molecule has 2 aromatic rings. The summed E-state index contributed by atoms with van der Waals surface area (Å²) in [6.07, 6.45) is 1.69. The van der Waals surface area contributed by atoms with Crippen molar-refractivity contribution in [3.05, 3.63) is 40.8 Å². The second-order valence-electron chi connectivity index (χ2n) is 5.59. The Morgan fingerprint density at radius 3 is 2.62 bits per heavy atom. The number of carbonyl (C=O) groups is 1. The number of hydrogen-bond donors (Lipinski definition) is 1. The van der Waals surface area contributed by atoms with Crippen molar-refractivity contribution in [2.45, 2.75) is 41.2 Å². The van der Waals surface area contributed by atoms with Crippen LogP contribution >= 0.6 is 0 Å². The van der Waals surface area contributed by atoms with Crippen molar-refractivity contribution in [2.24, 2.45) is 5.92 Å². The predicted octanol–water partition coefficient (Wildman–Crippen LogP) is 2.79. The number of hydrogen-bond acceptors (Lipinski definition) is 3. The highest BCUT2D eigenvalue weighted by atomic mass is 16.1. The van der Waals surface area contributed by atoms with Gasteiger partial charge in [0.2, 0.25) is 5.91 Å². The molecular formula is C16H22N4O. The van der Waals surface area contributed by atoms with Crippen LogP contribution < -0.4 is 5.32 Å². The molecule has 0 aliphatic carbocycles. The quantitative estimate of drug-likeness (QED) is 0.940. The molecule has 2 rings (SSSR count). The highest BCUT2D eigenvalue weighted by Gasteiger charge is 2.17. The van der Waals surface area contributed by atoms with Gasteiger partial charge in [-0.1, -0.05) is 6.92 Å². The average Bonchev–Trinajstić information content (AvgIpc) is 2.66. The lowest BCUT2D eigenvalue weighted by Crippen LogP contribution is -2.25. The summed E-state index contributed by atoms with van der Waals surface area (Å²) in [6.45, 7) is 10.5. The molecule has 0 bridgehead atoms. The van der Waals surface area contributed by atoms with Gasteiger partial charge >= 0.3 is 0 Å². The topological polar surface area (TPSA) is 59.8 Å². The lowest BCUT2D eigenvalue weighted by atomic mass is 10.1. The minimum absolute atomic E-state index is 0.0432. The fourth-order valence-electron chi connectivity index (χ4n) is 2.16. The van der Waals surface area contributed by atoms with Crippen molar-refractivity contribution in [3.8, 4) is 0 Å². The van der Waals surface area contributed by atoms with Gasteiger partial charge in [-0.05, 0) is 51.0 Å². The van der Waals surface area contributed by atoms with Crippen LogP contribution in [0.25, 0.3) is 0 Å². The first-order valence-electron chi connectivity index (χ1n) is 7.12. The lowest BCUT2D eigenvalue weighted by Gasteiger charge is -2.13. The molecule has 21 heavy (non-hydrogen) atoms. The fourth-order valence-corrected chi connectivity index (χ4v) is 2.16. The van der Waals surface area contributed by atoms with E-state index in [0.717, 1.165) is 17.0 Å². The highest BCUT2D eigenvalue weighted by molar-refractivity contribution is 5.91. The third kappa shape index (κ3) is 3.48. The number of aromatic nitrogens is 3. The third-order valence-electron chi connectivity index (χ3n) is 3.80. The van der Waals surface area contributed by atoms with Crippen molar-refractivity contribution < 1.29 is 4.79 Å². The van der Waals surface area contributed by atoms with Crippen LogP contribution in [0.1, 0.15) is 29.4 Å². The zero-order valence-electron chi connectivity index (χ0n) is 13.3. The summed E-state index contributed by atoms with van der Waals surface area (Å²) in [5, 5.41) is 7.33. The molecule has 0 fully saturated rings. The van der Waals surface area contributed by atoms with Crippen molar-refractivity contribution in [2.75, 3.05) is 5.32 Å². The maximum absolute atomic E-state index is 12.2. The van der Waals surface area contributed by atoms with Crippen LogP contribution in [0.4, 0.5) is 5.82 Å². The summed E-state index contributed by atoms with van der Waals surface area (Å²) < 4.78 is 1.90. The normalized spacial score (nSPS) is 12.2. The van der Waals surface area contributed by atoms with Gasteiger partial charge in [0.05, 0.1) is 18.2 Å². The second kappa shape index (κ2) is 6.08. The van der Waals surface area contributed by atoms with E-state index in [1.165, 1.54) is 5.56 Å². The fraction of sp³-hybridized carbons (Fsp3) is 0.438. The zero-order valence-corrected chi connectivity index (χ0v) is 13.3. The van der Waals surface area contributed by atoms with Crippen LogP contribution in [0.15, 0.2) is 18.3 Å². The molecule has 0 spiro atoms. The molecule has 1 atom stereocenters. The third-order valence-corrected chi connectivity index (χ3v) is 3.80. The number of pyridine rings is 1. The van der Waals surface area contributed by atoms with Gasteiger partial charge < -0.3 is 5.32 Å². The van der Waals surface area contributed by atoms with Crippen molar-refractivity contribution in [1.29, 1.82) is 0 Å². The molecule has 0 saturated carbocycles. The van der Waals surface area contributed by atoms with E-state index in [9.17, 15) is 4.79 Å². The molecule has 1 amide bonds. The largest absolute Gasteiger partial charge is 0.310 e. The molecule has 0 aromatic carbocycles. The summed E-state index contributed by atoms with van der Waals surface area (Å²) in [5.41, 5.74) is 4.38. The maximum Gasteiger partial charge on any atom is 0.230 e. The summed E-state index contributed by atoms with van der Waals surface area (Å²) in [5.74, 6) is 0.374. The summed E-state index contributed by atoms with van der Waals surface area (Å²) in [4.78, 5) is 16.4. The second-order valence-corrected chi connectivity index (χ2v) is 5.59. The monoisotopic (exact) mass is 286 g/mol. The van der Waals surface area contributed by atoms with Gasteiger partial charge in [-0.2, -0.15) is 5.10 Å². The molecule has 0 aliphatic rings. The SMILES string of the molecule is Cc1ccnc(NC(=O)C(C)Cn2nc(C)c(C)c2C)c1. The molecule has 0 saturated heterocycles. The minimum Gasteiger partial charge on any atom is -0.310 e. The van der Waals surface area contributed by atoms with E-state index in [-0.39, 0.29) is 11.8 Å². The first-order valence-corrected chi connectivity index (χ1v) is 7.12. The van der Waals surface area contributed by atoms with Crippen molar-refractivity contribution in [1.82, 2.24) is 14.8 Å². The predicted molar refractivity (Wildman–Crippen MR) is 83.2 cm³/mol. The summed E-state index contributed by atoms with van der Waals surface area (Å²) in [7, 11) is 0. The summed E-state index contributed by atoms with van der Waals surface area (Å²) >= 11 is 0. The summed E-state index contributed by atoms with van der Waals surface area (Å²) in [6, 6.07) is 3.76. The number of rotatable bonds is 4. The van der Waals surface area contributed by atoms with Gasteiger partial charge in [0.25, 0.3) is 0 Å². The Hall–Kier alpha value is -2.17.